The Hall–Kier alpha value is -5.65. The first-order chi connectivity index (χ1) is 23.4. The SMILES string of the molecule is O=C([O-])c1c(Cc2ccccc2)ccc2c1Cc1ccccc1O2.O=C([O-])c1c(Cc2ccccc2)ccc2c1Cc1ccccc1O2.[Ni+2]. The second kappa shape index (κ2) is 14.6. The van der Waals surface area contributed by atoms with Crippen molar-refractivity contribution in [2.24, 2.45) is 0 Å². The van der Waals surface area contributed by atoms with E-state index in [1.165, 1.54) is 0 Å². The van der Waals surface area contributed by atoms with E-state index in [2.05, 4.69) is 0 Å². The molecule has 2 heterocycles. The minimum absolute atomic E-state index is 0. The summed E-state index contributed by atoms with van der Waals surface area (Å²) < 4.78 is 11.8. The van der Waals surface area contributed by atoms with Crippen molar-refractivity contribution in [3.05, 3.63) is 189 Å². The number of para-hydroxylation sites is 2. The molecule has 6 aromatic rings. The summed E-state index contributed by atoms with van der Waals surface area (Å²) in [5.74, 6) is 0.464. The maximum atomic E-state index is 11.8. The van der Waals surface area contributed by atoms with Crippen molar-refractivity contribution in [3.63, 3.8) is 0 Å². The van der Waals surface area contributed by atoms with Crippen molar-refractivity contribution < 1.29 is 45.8 Å². The summed E-state index contributed by atoms with van der Waals surface area (Å²) in [6.07, 6.45) is 2.19. The summed E-state index contributed by atoms with van der Waals surface area (Å²) in [6.45, 7) is 0. The zero-order valence-electron chi connectivity index (χ0n) is 26.3. The molecule has 0 radical (unpaired) electrons. The fourth-order valence-electron chi connectivity index (χ4n) is 6.45. The van der Waals surface area contributed by atoms with Crippen LogP contribution in [0.4, 0.5) is 0 Å². The van der Waals surface area contributed by atoms with Crippen LogP contribution in [0.2, 0.25) is 0 Å². The molecule has 244 valence electrons. The Morgan fingerprint density at radius 3 is 1.22 bits per heavy atom. The minimum Gasteiger partial charge on any atom is -0.545 e. The number of fused-ring (bicyclic) bond motifs is 4. The minimum atomic E-state index is -1.15. The van der Waals surface area contributed by atoms with Crippen LogP contribution in [0.25, 0.3) is 0 Å². The van der Waals surface area contributed by atoms with Gasteiger partial charge in [0.05, 0.1) is 11.9 Å². The second-order valence-electron chi connectivity index (χ2n) is 11.8. The van der Waals surface area contributed by atoms with E-state index in [4.69, 9.17) is 9.47 Å². The molecule has 6 nitrogen and oxygen atoms in total. The Labute approximate surface area is 294 Å². The quantitative estimate of drug-likeness (QED) is 0.181. The standard InChI is InChI=1S/2C21H16O3.Ni/c2*22-21(23)20-16(12-14-6-2-1-3-7-14)10-11-19-17(20)13-15-8-4-5-9-18(15)24-19;/h2*1-11H,12-13H2,(H,22,23);/q;;+2/p-2. The van der Waals surface area contributed by atoms with Gasteiger partial charge in [-0.1, -0.05) is 109 Å². The van der Waals surface area contributed by atoms with Gasteiger partial charge in [-0.15, -0.1) is 0 Å². The van der Waals surface area contributed by atoms with Crippen LogP contribution in [-0.2, 0) is 42.2 Å². The first-order valence-electron chi connectivity index (χ1n) is 15.8. The van der Waals surface area contributed by atoms with E-state index < -0.39 is 11.9 Å². The Kier molecular flexibility index (Phi) is 9.93. The third kappa shape index (κ3) is 7.13. The molecule has 0 saturated heterocycles. The fourth-order valence-corrected chi connectivity index (χ4v) is 6.45. The van der Waals surface area contributed by atoms with Gasteiger partial charge in [0.2, 0.25) is 0 Å². The summed E-state index contributed by atoms with van der Waals surface area (Å²) in [7, 11) is 0. The summed E-state index contributed by atoms with van der Waals surface area (Å²) in [5, 5.41) is 23.7. The Morgan fingerprint density at radius 1 is 0.469 bits per heavy atom. The number of hydrogen-bond acceptors (Lipinski definition) is 6. The largest absolute Gasteiger partial charge is 2.00 e. The molecular weight excluding hydrogens is 659 g/mol. The molecule has 6 aromatic carbocycles. The van der Waals surface area contributed by atoms with Crippen molar-refractivity contribution in [3.8, 4) is 23.0 Å². The van der Waals surface area contributed by atoms with Crippen molar-refractivity contribution in [2.45, 2.75) is 25.7 Å². The van der Waals surface area contributed by atoms with Gasteiger partial charge in [0.15, 0.2) is 0 Å². The summed E-state index contributed by atoms with van der Waals surface area (Å²) in [5.41, 5.74) is 7.52. The van der Waals surface area contributed by atoms with Crippen LogP contribution in [0.15, 0.2) is 133 Å². The molecule has 0 aromatic heterocycles. The molecule has 49 heavy (non-hydrogen) atoms. The normalized spacial score (nSPS) is 11.8. The van der Waals surface area contributed by atoms with Crippen LogP contribution in [0.1, 0.15) is 65.2 Å². The van der Waals surface area contributed by atoms with Crippen LogP contribution < -0.4 is 19.7 Å². The van der Waals surface area contributed by atoms with E-state index in [9.17, 15) is 19.8 Å². The molecular formula is C42H30NiO6. The van der Waals surface area contributed by atoms with Crippen molar-refractivity contribution in [1.29, 1.82) is 0 Å². The van der Waals surface area contributed by atoms with Crippen LogP contribution in [0, 0.1) is 0 Å². The molecule has 0 spiro atoms. The number of benzene rings is 6. The molecule has 0 aliphatic carbocycles. The number of carboxylic acids is 2. The molecule has 2 aliphatic rings. The molecule has 2 aliphatic heterocycles. The summed E-state index contributed by atoms with van der Waals surface area (Å²) in [6, 6.07) is 42.4. The molecule has 0 unspecified atom stereocenters. The van der Waals surface area contributed by atoms with Gasteiger partial charge >= 0.3 is 16.5 Å². The van der Waals surface area contributed by atoms with E-state index in [1.54, 1.807) is 0 Å². The van der Waals surface area contributed by atoms with Crippen LogP contribution >= 0.6 is 0 Å². The molecule has 0 fully saturated rings. The summed E-state index contributed by atoms with van der Waals surface area (Å²) in [4.78, 5) is 23.7. The van der Waals surface area contributed by atoms with Gasteiger partial charge in [-0.2, -0.15) is 0 Å². The number of aromatic carboxylic acids is 2. The van der Waals surface area contributed by atoms with Gasteiger partial charge < -0.3 is 29.3 Å². The maximum absolute atomic E-state index is 11.8. The Bertz CT molecular complexity index is 1990. The second-order valence-corrected chi connectivity index (χ2v) is 11.8. The van der Waals surface area contributed by atoms with Gasteiger partial charge in [-0.25, -0.2) is 0 Å². The molecule has 0 atom stereocenters. The molecule has 0 bridgehead atoms. The third-order valence-electron chi connectivity index (χ3n) is 8.71. The van der Waals surface area contributed by atoms with E-state index in [-0.39, 0.29) is 27.6 Å². The Morgan fingerprint density at radius 2 is 0.837 bits per heavy atom. The van der Waals surface area contributed by atoms with Crippen molar-refractivity contribution >= 4 is 11.9 Å². The predicted octanol–water partition coefficient (Wildman–Crippen LogP) is 6.67. The van der Waals surface area contributed by atoms with Crippen molar-refractivity contribution in [2.75, 3.05) is 0 Å². The van der Waals surface area contributed by atoms with Gasteiger partial charge in [-0.3, -0.25) is 0 Å². The van der Waals surface area contributed by atoms with Gasteiger partial charge in [-0.05, 0) is 70.5 Å². The third-order valence-corrected chi connectivity index (χ3v) is 8.71. The molecule has 8 rings (SSSR count). The van der Waals surface area contributed by atoms with Gasteiger partial charge in [0.1, 0.15) is 23.0 Å². The molecule has 0 amide bonds. The zero-order chi connectivity index (χ0) is 33.0. The maximum Gasteiger partial charge on any atom is 2.00 e. The number of hydrogen-bond donors (Lipinski definition) is 0. The van der Waals surface area contributed by atoms with E-state index >= 15 is 0 Å². The Balaban J connectivity index is 0.000000167. The average molecular weight is 689 g/mol. The predicted molar refractivity (Wildman–Crippen MR) is 179 cm³/mol. The van der Waals surface area contributed by atoms with Crippen LogP contribution in [0.5, 0.6) is 23.0 Å². The zero-order valence-corrected chi connectivity index (χ0v) is 27.3. The smallest absolute Gasteiger partial charge is 0.545 e. The number of carboxylic acid groups (broad SMARTS) is 2. The topological polar surface area (TPSA) is 98.7 Å². The molecule has 7 heteroatoms. The number of carbonyl (C=O) groups excluding carboxylic acids is 2. The fraction of sp³-hybridized carbons (Fsp3) is 0.0952. The van der Waals surface area contributed by atoms with E-state index in [0.717, 1.165) is 44.9 Å². The first kappa shape index (κ1) is 33.3. The summed E-state index contributed by atoms with van der Waals surface area (Å²) >= 11 is 0. The molecule has 0 N–H and O–H groups in total. The van der Waals surface area contributed by atoms with E-state index in [1.807, 2.05) is 133 Å². The van der Waals surface area contributed by atoms with Gasteiger partial charge in [0, 0.05) is 35.1 Å². The van der Waals surface area contributed by atoms with Crippen LogP contribution in [-0.4, -0.2) is 11.9 Å². The van der Waals surface area contributed by atoms with Crippen molar-refractivity contribution in [1.82, 2.24) is 0 Å². The molecule has 0 saturated carbocycles. The number of ether oxygens (including phenoxy) is 2. The van der Waals surface area contributed by atoms with Gasteiger partial charge in [0.25, 0.3) is 0 Å². The monoisotopic (exact) mass is 688 g/mol. The van der Waals surface area contributed by atoms with Crippen LogP contribution in [0.3, 0.4) is 0 Å². The average Bonchev–Trinajstić information content (AvgIpc) is 3.10. The van der Waals surface area contributed by atoms with E-state index in [0.29, 0.717) is 48.3 Å². The number of rotatable bonds is 6. The first-order valence-corrected chi connectivity index (χ1v) is 15.8. The number of carbonyl (C=O) groups is 2.